The van der Waals surface area contributed by atoms with Gasteiger partial charge in [-0.2, -0.15) is 0 Å². The van der Waals surface area contributed by atoms with E-state index in [9.17, 15) is 14.7 Å². The van der Waals surface area contributed by atoms with E-state index in [2.05, 4.69) is 91.5 Å². The Labute approximate surface area is 229 Å². The fraction of sp³-hybridized carbons (Fsp3) is 0.769. The van der Waals surface area contributed by atoms with Crippen molar-refractivity contribution in [2.75, 3.05) is 6.61 Å². The summed E-state index contributed by atoms with van der Waals surface area (Å²) in [5, 5.41) is 12.4. The zero-order valence-corrected chi connectivity index (χ0v) is 27.7. The Morgan fingerprint density at radius 1 is 1.03 bits per heavy atom. The third-order valence-electron chi connectivity index (χ3n) is 7.52. The van der Waals surface area contributed by atoms with Crippen LogP contribution in [0.5, 0.6) is 0 Å². The van der Waals surface area contributed by atoms with Crippen molar-refractivity contribution in [1.82, 2.24) is 9.55 Å². The molecule has 0 spiro atoms. The molecule has 12 heteroatoms. The quantitative estimate of drug-likeness (QED) is 0.399. The molecule has 0 unspecified atom stereocenters. The van der Waals surface area contributed by atoms with Crippen molar-refractivity contribution in [3.05, 3.63) is 33.1 Å². The van der Waals surface area contributed by atoms with Crippen LogP contribution in [0.1, 0.15) is 61.6 Å². The summed E-state index contributed by atoms with van der Waals surface area (Å²) >= 11 is 0. The number of aliphatic hydroxyl groups is 1. The molecule has 0 aliphatic carbocycles. The monoisotopic (exact) mass is 582 g/mol. The summed E-state index contributed by atoms with van der Waals surface area (Å²) in [7, 11) is -7.87. The van der Waals surface area contributed by atoms with Crippen molar-refractivity contribution in [3.8, 4) is 11.5 Å². The van der Waals surface area contributed by atoms with E-state index < -0.39 is 60.5 Å². The predicted octanol–water partition coefficient (Wildman–Crippen LogP) is 4.00. The van der Waals surface area contributed by atoms with Gasteiger partial charge in [-0.1, -0.05) is 81.0 Å². The van der Waals surface area contributed by atoms with Crippen molar-refractivity contribution < 1.29 is 22.8 Å². The Hall–Kier alpha value is -1.31. The highest BCUT2D eigenvalue weighted by atomic mass is 28.5. The van der Waals surface area contributed by atoms with Crippen molar-refractivity contribution in [2.45, 2.75) is 121 Å². The second-order valence-electron chi connectivity index (χ2n) is 12.9. The fourth-order valence-corrected chi connectivity index (χ4v) is 17.3. The molecule has 9 nitrogen and oxygen atoms in total. The average Bonchev–Trinajstić information content (AvgIpc) is 3.02. The molecule has 3 heterocycles. The number of aromatic nitrogens is 2. The van der Waals surface area contributed by atoms with Gasteiger partial charge in [0.15, 0.2) is 11.8 Å². The zero-order valence-electron chi connectivity index (χ0n) is 24.7. The first kappa shape index (κ1) is 31.2. The molecule has 4 atom stereocenters. The number of nitrogens with zero attached hydrogens (tertiary/aromatic N) is 1. The lowest BCUT2D eigenvalue weighted by molar-refractivity contribution is -0.0750. The van der Waals surface area contributed by atoms with E-state index in [4.69, 9.17) is 17.7 Å². The van der Waals surface area contributed by atoms with Crippen LogP contribution < -0.4 is 11.2 Å². The van der Waals surface area contributed by atoms with Gasteiger partial charge in [0.25, 0.3) is 5.56 Å². The molecule has 214 valence electrons. The molecule has 0 radical (unpaired) electrons. The van der Waals surface area contributed by atoms with Gasteiger partial charge in [0.2, 0.25) is 0 Å². The van der Waals surface area contributed by atoms with Gasteiger partial charge < -0.3 is 22.8 Å². The molecule has 2 aliphatic heterocycles. The Morgan fingerprint density at radius 3 is 2.05 bits per heavy atom. The topological polar surface area (TPSA) is 112 Å². The van der Waals surface area contributed by atoms with Crippen LogP contribution in [-0.2, 0) is 17.7 Å². The molecule has 2 fully saturated rings. The molecule has 2 saturated heterocycles. The Balaban J connectivity index is 2.28. The first-order valence-corrected chi connectivity index (χ1v) is 21.1. The lowest BCUT2D eigenvalue weighted by Gasteiger charge is -2.51. The number of aromatic amines is 1. The first-order valence-electron chi connectivity index (χ1n) is 13.6. The van der Waals surface area contributed by atoms with Gasteiger partial charge in [-0.15, -0.1) is 5.54 Å². The Morgan fingerprint density at radius 2 is 1.58 bits per heavy atom. The van der Waals surface area contributed by atoms with E-state index in [0.29, 0.717) is 0 Å². The van der Waals surface area contributed by atoms with E-state index in [1.165, 1.54) is 16.8 Å². The molecular formula is C26H46N2O7Si3. The second-order valence-corrected chi connectivity index (χ2v) is 26.5. The second kappa shape index (κ2) is 10.9. The van der Waals surface area contributed by atoms with E-state index >= 15 is 0 Å². The fourth-order valence-electron chi connectivity index (χ4n) is 5.49. The number of rotatable bonds is 5. The van der Waals surface area contributed by atoms with E-state index in [-0.39, 0.29) is 28.8 Å². The van der Waals surface area contributed by atoms with Gasteiger partial charge in [0.1, 0.15) is 20.3 Å². The molecule has 3 rings (SSSR count). The lowest BCUT2D eigenvalue weighted by atomic mass is 9.95. The molecule has 0 saturated carbocycles. The summed E-state index contributed by atoms with van der Waals surface area (Å²) in [5.74, 6) is 3.11. The summed E-state index contributed by atoms with van der Waals surface area (Å²) in [6.07, 6.45) is -1.48. The maximum Gasteiger partial charge on any atom is 0.335 e. The third-order valence-corrected chi connectivity index (χ3v) is 18.6. The van der Waals surface area contributed by atoms with Crippen LogP contribution in [-0.4, -0.2) is 64.3 Å². The van der Waals surface area contributed by atoms with Gasteiger partial charge in [0.05, 0.1) is 6.61 Å². The Kier molecular flexibility index (Phi) is 8.98. The van der Waals surface area contributed by atoms with E-state index in [0.717, 1.165) is 0 Å². The molecule has 0 amide bonds. The summed E-state index contributed by atoms with van der Waals surface area (Å²) in [5.41, 5.74) is 0.560. The molecule has 2 N–H and O–H groups in total. The summed E-state index contributed by atoms with van der Waals surface area (Å²) < 4.78 is 28.8. The number of hydrogen-bond acceptors (Lipinski definition) is 7. The molecule has 2 aliphatic rings. The van der Waals surface area contributed by atoms with Crippen molar-refractivity contribution in [1.29, 1.82) is 0 Å². The highest BCUT2D eigenvalue weighted by Gasteiger charge is 2.65. The van der Waals surface area contributed by atoms with E-state index in [1.54, 1.807) is 0 Å². The van der Waals surface area contributed by atoms with Gasteiger partial charge in [-0.25, -0.2) is 4.79 Å². The minimum atomic E-state index is -3.09. The molecule has 0 aromatic carbocycles. The number of ether oxygens (including phenoxy) is 1. The lowest BCUT2D eigenvalue weighted by Crippen LogP contribution is -2.67. The largest absolute Gasteiger partial charge is 0.414 e. The minimum Gasteiger partial charge on any atom is -0.414 e. The van der Waals surface area contributed by atoms with Crippen LogP contribution >= 0.6 is 0 Å². The molecule has 0 bridgehead atoms. The molecule has 38 heavy (non-hydrogen) atoms. The smallest absolute Gasteiger partial charge is 0.335 e. The van der Waals surface area contributed by atoms with Gasteiger partial charge in [0, 0.05) is 12.3 Å². The highest BCUT2D eigenvalue weighted by Crippen LogP contribution is 2.50. The zero-order chi connectivity index (χ0) is 28.8. The van der Waals surface area contributed by atoms with Gasteiger partial charge in [-0.3, -0.25) is 14.3 Å². The maximum absolute atomic E-state index is 12.9. The number of H-pyrrole nitrogens is 1. The van der Waals surface area contributed by atoms with Crippen LogP contribution in [0.4, 0.5) is 0 Å². The normalized spacial score (nSPS) is 29.2. The molecule has 1 aromatic heterocycles. The Bertz CT molecular complexity index is 1160. The van der Waals surface area contributed by atoms with Crippen LogP contribution in [0.2, 0.25) is 41.8 Å². The standard InChI is InChI=1S/C26H46N2O7Si3/c1-17(2)37(18(3)4)32-16-21-23(34-38(35-37,19(5)6)20(7)8)26(31,13-15-36(9,10)11)24(33-21)28-14-12-22(29)27-25(28)30/h12,14,17-21,23-24,31H,16H2,1-11H3,(H,27,29,30)/t21-,23-,24+,26+/m1/s1. The van der Waals surface area contributed by atoms with Crippen molar-refractivity contribution in [3.63, 3.8) is 0 Å². The number of fused-ring (bicyclic) bond motifs is 1. The summed E-state index contributed by atoms with van der Waals surface area (Å²) in [6, 6.07) is 1.23. The van der Waals surface area contributed by atoms with Crippen LogP contribution in [0, 0.1) is 11.5 Å². The van der Waals surface area contributed by atoms with E-state index in [1.807, 2.05) is 0 Å². The van der Waals surface area contributed by atoms with Crippen LogP contribution in [0.15, 0.2) is 21.9 Å². The highest BCUT2D eigenvalue weighted by molar-refractivity contribution is 6.84. The summed E-state index contributed by atoms with van der Waals surface area (Å²) in [4.78, 5) is 27.0. The van der Waals surface area contributed by atoms with Gasteiger partial charge in [-0.05, 0) is 22.2 Å². The number of nitrogens with one attached hydrogen (secondary N) is 1. The molecular weight excluding hydrogens is 537 g/mol. The van der Waals surface area contributed by atoms with Crippen LogP contribution in [0.25, 0.3) is 0 Å². The average molecular weight is 583 g/mol. The summed E-state index contributed by atoms with van der Waals surface area (Å²) in [6.45, 7) is 23.4. The first-order chi connectivity index (χ1) is 17.4. The predicted molar refractivity (Wildman–Crippen MR) is 155 cm³/mol. The minimum absolute atomic E-state index is 0.0401. The molecule has 1 aromatic rings. The number of hydrogen-bond donors (Lipinski definition) is 2. The maximum atomic E-state index is 12.9. The van der Waals surface area contributed by atoms with Crippen molar-refractivity contribution >= 4 is 25.2 Å². The van der Waals surface area contributed by atoms with Crippen molar-refractivity contribution in [2.24, 2.45) is 0 Å². The SMILES string of the molecule is CC(C)[Si]1(C(C)C)OC[C@H]2O[C@H](n3ccc(=O)[nH]c3=O)[C@](O)(C#C[Si](C)(C)C)[C@@H]2O[Si](C(C)C)(C(C)C)O1. The third kappa shape index (κ3) is 5.62. The van der Waals surface area contributed by atoms with Crippen LogP contribution in [0.3, 0.4) is 0 Å². The van der Waals surface area contributed by atoms with Gasteiger partial charge >= 0.3 is 22.8 Å².